The Labute approximate surface area is 167 Å². The molecule has 0 amide bonds. The molecule has 0 atom stereocenters. The van der Waals surface area contributed by atoms with Crippen molar-refractivity contribution in [2.75, 3.05) is 0 Å². The third-order valence-electron chi connectivity index (χ3n) is 6.21. The van der Waals surface area contributed by atoms with E-state index in [9.17, 15) is 0 Å². The highest BCUT2D eigenvalue weighted by Gasteiger charge is 2.51. The molecule has 0 heterocycles. The van der Waals surface area contributed by atoms with Gasteiger partial charge in [-0.25, -0.2) is 0 Å². The normalized spacial score (nSPS) is 14.6. The smallest absolute Gasteiger partial charge is 0.0619 e. The second-order valence-electron chi connectivity index (χ2n) is 7.58. The van der Waals surface area contributed by atoms with Crippen LogP contribution in [0.15, 0.2) is 89.4 Å². The van der Waals surface area contributed by atoms with Crippen molar-refractivity contribution in [1.29, 1.82) is 0 Å². The maximum Gasteiger partial charge on any atom is 0.0725 e. The molecule has 0 aliphatic heterocycles. The van der Waals surface area contributed by atoms with Crippen LogP contribution in [-0.4, -0.2) is 0 Å². The summed E-state index contributed by atoms with van der Waals surface area (Å²) in [6.07, 6.45) is 0. The summed E-state index contributed by atoms with van der Waals surface area (Å²) >= 11 is 3.70. The van der Waals surface area contributed by atoms with E-state index >= 15 is 0 Å². The molecule has 2 aliphatic rings. The van der Waals surface area contributed by atoms with Gasteiger partial charge >= 0.3 is 0 Å². The average molecular weight is 409 g/mol. The highest BCUT2D eigenvalue weighted by molar-refractivity contribution is 9.10. The predicted molar refractivity (Wildman–Crippen MR) is 115 cm³/mol. The maximum atomic E-state index is 3.70. The standard InChI is InChI=1S/C26H17Br/c1-16-10-12-24-20(14-16)21-15-17(27)11-13-25(21)26(24)22-8-4-2-6-18(22)19-7-3-5-9-23(19)26/h2-15H,1H3. The van der Waals surface area contributed by atoms with E-state index in [1.807, 2.05) is 0 Å². The Hall–Kier alpha value is -2.64. The molecular weight excluding hydrogens is 392 g/mol. The summed E-state index contributed by atoms with van der Waals surface area (Å²) in [5, 5.41) is 0. The Morgan fingerprint density at radius 2 is 1.07 bits per heavy atom. The zero-order chi connectivity index (χ0) is 18.2. The van der Waals surface area contributed by atoms with Gasteiger partial charge in [-0.15, -0.1) is 0 Å². The van der Waals surface area contributed by atoms with Gasteiger partial charge in [-0.1, -0.05) is 94.3 Å². The molecule has 128 valence electrons. The molecule has 0 saturated heterocycles. The van der Waals surface area contributed by atoms with E-state index in [-0.39, 0.29) is 5.41 Å². The van der Waals surface area contributed by atoms with Crippen LogP contribution < -0.4 is 0 Å². The third kappa shape index (κ3) is 1.78. The minimum Gasteiger partial charge on any atom is -0.0619 e. The minimum absolute atomic E-state index is 0.216. The fourth-order valence-electron chi connectivity index (χ4n) is 5.23. The molecule has 0 N–H and O–H groups in total. The van der Waals surface area contributed by atoms with Gasteiger partial charge in [0.25, 0.3) is 0 Å². The third-order valence-corrected chi connectivity index (χ3v) is 6.70. The molecule has 0 radical (unpaired) electrons. The van der Waals surface area contributed by atoms with Crippen LogP contribution in [0.2, 0.25) is 0 Å². The van der Waals surface area contributed by atoms with Crippen molar-refractivity contribution in [2.45, 2.75) is 12.3 Å². The summed E-state index contributed by atoms with van der Waals surface area (Å²) in [6, 6.07) is 31.6. The van der Waals surface area contributed by atoms with Crippen LogP contribution in [-0.2, 0) is 5.41 Å². The minimum atomic E-state index is -0.216. The van der Waals surface area contributed by atoms with Gasteiger partial charge in [-0.2, -0.15) is 0 Å². The predicted octanol–water partition coefficient (Wildman–Crippen LogP) is 7.10. The number of hydrogen-bond donors (Lipinski definition) is 0. The highest BCUT2D eigenvalue weighted by Crippen LogP contribution is 2.62. The first kappa shape index (κ1) is 15.4. The van der Waals surface area contributed by atoms with Crippen molar-refractivity contribution in [1.82, 2.24) is 0 Å². The topological polar surface area (TPSA) is 0 Å². The first-order valence-corrected chi connectivity index (χ1v) is 10.1. The Kier molecular flexibility index (Phi) is 2.97. The second kappa shape index (κ2) is 5.21. The molecule has 0 aromatic heterocycles. The molecule has 1 heteroatoms. The molecule has 0 saturated carbocycles. The lowest BCUT2D eigenvalue weighted by atomic mass is 9.70. The first-order chi connectivity index (χ1) is 13.2. The second-order valence-corrected chi connectivity index (χ2v) is 8.50. The fourth-order valence-corrected chi connectivity index (χ4v) is 5.60. The molecule has 2 aliphatic carbocycles. The molecule has 6 rings (SSSR count). The van der Waals surface area contributed by atoms with E-state index in [0.29, 0.717) is 0 Å². The van der Waals surface area contributed by atoms with E-state index in [4.69, 9.17) is 0 Å². The lowest BCUT2D eigenvalue weighted by Gasteiger charge is -2.30. The van der Waals surface area contributed by atoms with Crippen LogP contribution in [0.4, 0.5) is 0 Å². The molecule has 0 fully saturated rings. The van der Waals surface area contributed by atoms with Gasteiger partial charge in [-0.3, -0.25) is 0 Å². The summed E-state index contributed by atoms with van der Waals surface area (Å²) < 4.78 is 1.13. The molecule has 0 unspecified atom stereocenters. The van der Waals surface area contributed by atoms with Gasteiger partial charge in [0.1, 0.15) is 0 Å². The molecule has 27 heavy (non-hydrogen) atoms. The molecule has 1 spiro atoms. The number of halogens is 1. The number of benzene rings is 4. The van der Waals surface area contributed by atoms with Crippen LogP contribution in [0.5, 0.6) is 0 Å². The van der Waals surface area contributed by atoms with E-state index in [2.05, 4.69) is 108 Å². The van der Waals surface area contributed by atoms with Crippen LogP contribution in [0.3, 0.4) is 0 Å². The van der Waals surface area contributed by atoms with Crippen molar-refractivity contribution in [3.8, 4) is 22.3 Å². The summed E-state index contributed by atoms with van der Waals surface area (Å²) in [6.45, 7) is 2.18. The van der Waals surface area contributed by atoms with Crippen LogP contribution in [0.25, 0.3) is 22.3 Å². The monoisotopic (exact) mass is 408 g/mol. The zero-order valence-electron chi connectivity index (χ0n) is 15.0. The number of rotatable bonds is 0. The van der Waals surface area contributed by atoms with E-state index in [0.717, 1.165) is 4.47 Å². The van der Waals surface area contributed by atoms with Crippen LogP contribution >= 0.6 is 15.9 Å². The van der Waals surface area contributed by atoms with E-state index in [1.54, 1.807) is 0 Å². The van der Waals surface area contributed by atoms with Gasteiger partial charge in [0, 0.05) is 4.47 Å². The van der Waals surface area contributed by atoms with Crippen LogP contribution in [0, 0.1) is 6.92 Å². The van der Waals surface area contributed by atoms with Gasteiger partial charge < -0.3 is 0 Å². The van der Waals surface area contributed by atoms with Gasteiger partial charge in [0.05, 0.1) is 5.41 Å². The van der Waals surface area contributed by atoms with Crippen LogP contribution in [0.1, 0.15) is 27.8 Å². The summed E-state index contributed by atoms with van der Waals surface area (Å²) in [7, 11) is 0. The molecule has 0 bridgehead atoms. The summed E-state index contributed by atoms with van der Waals surface area (Å²) in [5.74, 6) is 0. The Balaban J connectivity index is 1.86. The lowest BCUT2D eigenvalue weighted by Crippen LogP contribution is -2.25. The van der Waals surface area contributed by atoms with Crippen molar-refractivity contribution >= 4 is 15.9 Å². The summed E-state index contributed by atoms with van der Waals surface area (Å²) in [4.78, 5) is 0. The Bertz CT molecular complexity index is 1150. The van der Waals surface area contributed by atoms with Crippen molar-refractivity contribution in [3.05, 3.63) is 117 Å². The summed E-state index contributed by atoms with van der Waals surface area (Å²) in [5.41, 5.74) is 12.1. The number of fused-ring (bicyclic) bond motifs is 10. The van der Waals surface area contributed by atoms with Crippen molar-refractivity contribution in [3.63, 3.8) is 0 Å². The average Bonchev–Trinajstić information content (AvgIpc) is 3.14. The quantitative estimate of drug-likeness (QED) is 0.251. The van der Waals surface area contributed by atoms with Gasteiger partial charge in [0.2, 0.25) is 0 Å². The SMILES string of the molecule is Cc1ccc2c(c1)-c1cc(Br)ccc1C21c2ccccc2-c2ccccc21. The van der Waals surface area contributed by atoms with Gasteiger partial charge in [0.15, 0.2) is 0 Å². The zero-order valence-corrected chi connectivity index (χ0v) is 16.5. The number of hydrogen-bond acceptors (Lipinski definition) is 0. The highest BCUT2D eigenvalue weighted by atomic mass is 79.9. The maximum absolute atomic E-state index is 3.70. The molecule has 4 aromatic carbocycles. The Morgan fingerprint density at radius 1 is 0.556 bits per heavy atom. The molecule has 4 aromatic rings. The molecular formula is C26H17Br. The van der Waals surface area contributed by atoms with E-state index < -0.39 is 0 Å². The fraction of sp³-hybridized carbons (Fsp3) is 0.0769. The Morgan fingerprint density at radius 3 is 1.74 bits per heavy atom. The van der Waals surface area contributed by atoms with Crippen molar-refractivity contribution in [2.24, 2.45) is 0 Å². The van der Waals surface area contributed by atoms with Gasteiger partial charge in [-0.05, 0) is 63.6 Å². The van der Waals surface area contributed by atoms with Crippen molar-refractivity contribution < 1.29 is 0 Å². The lowest BCUT2D eigenvalue weighted by molar-refractivity contribution is 0.793. The molecule has 0 nitrogen and oxygen atoms in total. The number of aryl methyl sites for hydroxylation is 1. The largest absolute Gasteiger partial charge is 0.0725 e. The first-order valence-electron chi connectivity index (χ1n) is 9.32. The van der Waals surface area contributed by atoms with E-state index in [1.165, 1.54) is 50.1 Å².